The Balaban J connectivity index is 1.86. The second kappa shape index (κ2) is 6.54. The summed E-state index contributed by atoms with van der Waals surface area (Å²) in [7, 11) is 0. The highest BCUT2D eigenvalue weighted by atomic mass is 35.5. The summed E-state index contributed by atoms with van der Waals surface area (Å²) in [6.45, 7) is 9.95. The molecule has 0 aliphatic carbocycles. The number of nitrogens with zero attached hydrogens (tertiary/aromatic N) is 2. The highest BCUT2D eigenvalue weighted by Crippen LogP contribution is 2.34. The van der Waals surface area contributed by atoms with E-state index < -0.39 is 0 Å². The van der Waals surface area contributed by atoms with Gasteiger partial charge in [0.1, 0.15) is 18.0 Å². The number of aromatic nitrogens is 1. The number of para-hydroxylation sites is 1. The number of pyridine rings is 1. The number of benzene rings is 1. The van der Waals surface area contributed by atoms with Crippen LogP contribution in [0.2, 0.25) is 5.02 Å². The lowest BCUT2D eigenvalue weighted by Gasteiger charge is -2.30. The second-order valence-corrected chi connectivity index (χ2v) is 7.26. The van der Waals surface area contributed by atoms with E-state index in [1.807, 2.05) is 45.0 Å². The van der Waals surface area contributed by atoms with Crippen LogP contribution in [0.5, 0.6) is 11.6 Å². The van der Waals surface area contributed by atoms with Gasteiger partial charge in [0.15, 0.2) is 0 Å². The lowest BCUT2D eigenvalue weighted by molar-refractivity contribution is 0.130. The summed E-state index contributed by atoms with van der Waals surface area (Å²) < 4.78 is 11.9. The van der Waals surface area contributed by atoms with Gasteiger partial charge in [-0.1, -0.05) is 17.7 Å². The SMILES string of the molecule is CC(C)(C)Oc1cc(OCCN2CCC2)nc2c(Cl)cccc12. The molecule has 0 N–H and O–H groups in total. The van der Waals surface area contributed by atoms with Crippen molar-refractivity contribution in [1.29, 1.82) is 0 Å². The Morgan fingerprint density at radius 1 is 1.26 bits per heavy atom. The van der Waals surface area contributed by atoms with Gasteiger partial charge in [-0.05, 0) is 52.4 Å². The lowest BCUT2D eigenvalue weighted by Crippen LogP contribution is -2.39. The summed E-state index contributed by atoms with van der Waals surface area (Å²) in [5, 5.41) is 1.51. The van der Waals surface area contributed by atoms with Crippen LogP contribution in [-0.4, -0.2) is 41.7 Å². The molecule has 1 fully saturated rings. The van der Waals surface area contributed by atoms with E-state index in [9.17, 15) is 0 Å². The van der Waals surface area contributed by atoms with E-state index in [4.69, 9.17) is 21.1 Å². The fourth-order valence-corrected chi connectivity index (χ4v) is 2.75. The molecule has 0 saturated carbocycles. The van der Waals surface area contributed by atoms with Crippen molar-refractivity contribution in [3.05, 3.63) is 29.3 Å². The summed E-state index contributed by atoms with van der Waals surface area (Å²) in [6, 6.07) is 7.58. The number of hydrogen-bond acceptors (Lipinski definition) is 4. The van der Waals surface area contributed by atoms with Crippen LogP contribution in [0, 0.1) is 0 Å². The second-order valence-electron chi connectivity index (χ2n) is 6.85. The number of hydrogen-bond donors (Lipinski definition) is 0. The zero-order valence-electron chi connectivity index (χ0n) is 13.9. The minimum absolute atomic E-state index is 0.300. The number of likely N-dealkylation sites (tertiary alicyclic amines) is 1. The van der Waals surface area contributed by atoms with Crippen molar-refractivity contribution in [2.45, 2.75) is 32.8 Å². The van der Waals surface area contributed by atoms with E-state index >= 15 is 0 Å². The van der Waals surface area contributed by atoms with Crippen molar-refractivity contribution in [3.8, 4) is 11.6 Å². The van der Waals surface area contributed by atoms with E-state index in [-0.39, 0.29) is 5.60 Å². The first-order valence-corrected chi connectivity index (χ1v) is 8.44. The molecule has 3 rings (SSSR count). The van der Waals surface area contributed by atoms with Crippen molar-refractivity contribution >= 4 is 22.5 Å². The average Bonchev–Trinajstić information content (AvgIpc) is 2.41. The van der Waals surface area contributed by atoms with Gasteiger partial charge in [0, 0.05) is 18.0 Å². The van der Waals surface area contributed by atoms with Crippen molar-refractivity contribution in [2.24, 2.45) is 0 Å². The molecule has 0 bridgehead atoms. The van der Waals surface area contributed by atoms with Crippen LogP contribution in [0.3, 0.4) is 0 Å². The van der Waals surface area contributed by atoms with E-state index in [0.717, 1.165) is 23.2 Å². The van der Waals surface area contributed by atoms with Crippen LogP contribution in [0.25, 0.3) is 10.9 Å². The van der Waals surface area contributed by atoms with Gasteiger partial charge in [-0.2, -0.15) is 0 Å². The minimum Gasteiger partial charge on any atom is -0.487 e. The van der Waals surface area contributed by atoms with Gasteiger partial charge >= 0.3 is 0 Å². The number of ether oxygens (including phenoxy) is 2. The standard InChI is InChI=1S/C18H23ClN2O2/c1-18(2,3)23-15-12-16(22-11-10-21-8-5-9-21)20-17-13(15)6-4-7-14(17)19/h4,6-7,12H,5,8-11H2,1-3H3. The third-order valence-electron chi connectivity index (χ3n) is 3.75. The molecule has 5 heteroatoms. The predicted octanol–water partition coefficient (Wildman–Crippen LogP) is 4.15. The molecule has 124 valence electrons. The smallest absolute Gasteiger partial charge is 0.217 e. The molecule has 2 heterocycles. The normalized spacial score (nSPS) is 15.5. The van der Waals surface area contributed by atoms with Gasteiger partial charge in [0.05, 0.1) is 10.5 Å². The van der Waals surface area contributed by atoms with Crippen LogP contribution in [0.1, 0.15) is 27.2 Å². The third-order valence-corrected chi connectivity index (χ3v) is 4.06. The molecular weight excluding hydrogens is 312 g/mol. The lowest BCUT2D eigenvalue weighted by atomic mass is 10.1. The van der Waals surface area contributed by atoms with Crippen LogP contribution in [0.15, 0.2) is 24.3 Å². The molecule has 1 aromatic heterocycles. The van der Waals surface area contributed by atoms with Crippen LogP contribution < -0.4 is 9.47 Å². The van der Waals surface area contributed by atoms with Gasteiger partial charge in [-0.15, -0.1) is 0 Å². The largest absolute Gasteiger partial charge is 0.487 e. The molecule has 0 spiro atoms. The van der Waals surface area contributed by atoms with Crippen molar-refractivity contribution in [2.75, 3.05) is 26.2 Å². The number of fused-ring (bicyclic) bond motifs is 1. The molecule has 1 aromatic carbocycles. The Bertz CT molecular complexity index is 693. The highest BCUT2D eigenvalue weighted by molar-refractivity contribution is 6.35. The van der Waals surface area contributed by atoms with Gasteiger partial charge in [-0.3, -0.25) is 4.90 Å². The summed E-state index contributed by atoms with van der Waals surface area (Å²) in [5.41, 5.74) is 0.417. The topological polar surface area (TPSA) is 34.6 Å². The van der Waals surface area contributed by atoms with E-state index in [1.165, 1.54) is 19.5 Å². The Morgan fingerprint density at radius 3 is 2.70 bits per heavy atom. The van der Waals surface area contributed by atoms with E-state index in [2.05, 4.69) is 9.88 Å². The molecule has 2 aromatic rings. The first kappa shape index (κ1) is 16.3. The highest BCUT2D eigenvalue weighted by Gasteiger charge is 2.18. The Kier molecular flexibility index (Phi) is 4.64. The minimum atomic E-state index is -0.300. The number of halogens is 1. The molecule has 23 heavy (non-hydrogen) atoms. The number of rotatable bonds is 5. The zero-order valence-corrected chi connectivity index (χ0v) is 14.7. The third kappa shape index (κ3) is 4.06. The van der Waals surface area contributed by atoms with Gasteiger partial charge < -0.3 is 9.47 Å². The maximum atomic E-state index is 6.31. The average molecular weight is 335 g/mol. The van der Waals surface area contributed by atoms with E-state index in [0.29, 0.717) is 17.5 Å². The molecule has 1 aliphatic rings. The summed E-state index contributed by atoms with van der Waals surface area (Å²) in [5.74, 6) is 1.31. The van der Waals surface area contributed by atoms with Gasteiger partial charge in [0.2, 0.25) is 5.88 Å². The summed E-state index contributed by atoms with van der Waals surface area (Å²) in [6.07, 6.45) is 1.29. The van der Waals surface area contributed by atoms with E-state index in [1.54, 1.807) is 0 Å². The molecule has 1 saturated heterocycles. The van der Waals surface area contributed by atoms with Gasteiger partial charge in [0.25, 0.3) is 0 Å². The Labute approximate surface area is 142 Å². The maximum absolute atomic E-state index is 6.31. The molecule has 1 aliphatic heterocycles. The monoisotopic (exact) mass is 334 g/mol. The van der Waals surface area contributed by atoms with Crippen LogP contribution in [0.4, 0.5) is 0 Å². The Hall–Kier alpha value is -1.52. The van der Waals surface area contributed by atoms with Crippen LogP contribution in [-0.2, 0) is 0 Å². The first-order valence-electron chi connectivity index (χ1n) is 8.06. The zero-order chi connectivity index (χ0) is 16.4. The summed E-state index contributed by atoms with van der Waals surface area (Å²) >= 11 is 6.31. The molecular formula is C18H23ClN2O2. The Morgan fingerprint density at radius 2 is 2.04 bits per heavy atom. The van der Waals surface area contributed by atoms with Crippen molar-refractivity contribution < 1.29 is 9.47 Å². The quantitative estimate of drug-likeness (QED) is 0.822. The molecule has 0 amide bonds. The molecule has 0 unspecified atom stereocenters. The summed E-state index contributed by atoms with van der Waals surface area (Å²) in [4.78, 5) is 6.92. The predicted molar refractivity (Wildman–Crippen MR) is 93.7 cm³/mol. The maximum Gasteiger partial charge on any atom is 0.217 e. The fraction of sp³-hybridized carbons (Fsp3) is 0.500. The van der Waals surface area contributed by atoms with Crippen LogP contribution >= 0.6 is 11.6 Å². The first-order chi connectivity index (χ1) is 10.9. The molecule has 0 atom stereocenters. The van der Waals surface area contributed by atoms with Crippen molar-refractivity contribution in [3.63, 3.8) is 0 Å². The molecule has 0 radical (unpaired) electrons. The fourth-order valence-electron chi connectivity index (χ4n) is 2.53. The van der Waals surface area contributed by atoms with Crippen molar-refractivity contribution in [1.82, 2.24) is 9.88 Å². The molecule has 4 nitrogen and oxygen atoms in total. The van der Waals surface area contributed by atoms with Gasteiger partial charge in [-0.25, -0.2) is 4.98 Å².